The standard InChI is InChI=1S/C20H21NO3/c1-12-7-8-13(2)18-17(12)14(3)19(24-18)20(23)21-10-9-15-5-4-6-16(22)11-15/h4-8,11,22H,9-10H2,1-3H3,(H,21,23). The monoisotopic (exact) mass is 323 g/mol. The van der Waals surface area contributed by atoms with E-state index in [4.69, 9.17) is 4.42 Å². The Morgan fingerprint density at radius 1 is 1.12 bits per heavy atom. The van der Waals surface area contributed by atoms with E-state index < -0.39 is 0 Å². The summed E-state index contributed by atoms with van der Waals surface area (Å²) < 4.78 is 5.84. The molecule has 24 heavy (non-hydrogen) atoms. The molecule has 0 saturated heterocycles. The van der Waals surface area contributed by atoms with Crippen LogP contribution >= 0.6 is 0 Å². The summed E-state index contributed by atoms with van der Waals surface area (Å²) >= 11 is 0. The Morgan fingerprint density at radius 3 is 2.58 bits per heavy atom. The topological polar surface area (TPSA) is 62.5 Å². The van der Waals surface area contributed by atoms with E-state index in [1.54, 1.807) is 18.2 Å². The third kappa shape index (κ3) is 3.00. The fraction of sp³-hybridized carbons (Fsp3) is 0.250. The van der Waals surface area contributed by atoms with E-state index in [0.29, 0.717) is 18.7 Å². The van der Waals surface area contributed by atoms with Crippen molar-refractivity contribution in [2.75, 3.05) is 6.54 Å². The second-order valence-electron chi connectivity index (χ2n) is 6.14. The van der Waals surface area contributed by atoms with Crippen molar-refractivity contribution in [2.24, 2.45) is 0 Å². The molecule has 0 bridgehead atoms. The summed E-state index contributed by atoms with van der Waals surface area (Å²) in [5.41, 5.74) is 4.77. The summed E-state index contributed by atoms with van der Waals surface area (Å²) in [4.78, 5) is 12.5. The van der Waals surface area contributed by atoms with Gasteiger partial charge in [-0.15, -0.1) is 0 Å². The van der Waals surface area contributed by atoms with Gasteiger partial charge in [0.15, 0.2) is 5.76 Å². The van der Waals surface area contributed by atoms with Crippen LogP contribution in [0.1, 0.15) is 32.8 Å². The maximum atomic E-state index is 12.5. The molecule has 124 valence electrons. The molecule has 0 aliphatic rings. The number of hydrogen-bond donors (Lipinski definition) is 2. The Labute approximate surface area is 141 Å². The zero-order valence-electron chi connectivity index (χ0n) is 14.1. The zero-order valence-corrected chi connectivity index (χ0v) is 14.1. The fourth-order valence-electron chi connectivity index (χ4n) is 3.00. The third-order valence-electron chi connectivity index (χ3n) is 4.30. The molecule has 0 fully saturated rings. The number of hydrogen-bond acceptors (Lipinski definition) is 3. The highest BCUT2D eigenvalue weighted by molar-refractivity contribution is 6.00. The van der Waals surface area contributed by atoms with Crippen LogP contribution in [0.4, 0.5) is 0 Å². The quantitative estimate of drug-likeness (QED) is 0.762. The van der Waals surface area contributed by atoms with Crippen LogP contribution in [0.5, 0.6) is 5.75 Å². The van der Waals surface area contributed by atoms with Gasteiger partial charge >= 0.3 is 0 Å². The van der Waals surface area contributed by atoms with Gasteiger partial charge in [-0.25, -0.2) is 0 Å². The van der Waals surface area contributed by atoms with Gasteiger partial charge in [0.1, 0.15) is 11.3 Å². The van der Waals surface area contributed by atoms with Crippen LogP contribution in [0.3, 0.4) is 0 Å². The van der Waals surface area contributed by atoms with Gasteiger partial charge in [-0.2, -0.15) is 0 Å². The first-order chi connectivity index (χ1) is 11.5. The van der Waals surface area contributed by atoms with Crippen molar-refractivity contribution < 1.29 is 14.3 Å². The van der Waals surface area contributed by atoms with Gasteiger partial charge in [0.05, 0.1) is 0 Å². The largest absolute Gasteiger partial charge is 0.508 e. The van der Waals surface area contributed by atoms with Gasteiger partial charge in [0, 0.05) is 17.5 Å². The summed E-state index contributed by atoms with van der Waals surface area (Å²) in [5.74, 6) is 0.402. The van der Waals surface area contributed by atoms with Crippen LogP contribution in [-0.4, -0.2) is 17.6 Å². The number of aromatic hydroxyl groups is 1. The van der Waals surface area contributed by atoms with E-state index in [0.717, 1.165) is 33.2 Å². The Hall–Kier alpha value is -2.75. The number of aryl methyl sites for hydroxylation is 3. The van der Waals surface area contributed by atoms with Crippen molar-refractivity contribution in [3.63, 3.8) is 0 Å². The van der Waals surface area contributed by atoms with Crippen LogP contribution in [0.2, 0.25) is 0 Å². The second-order valence-corrected chi connectivity index (χ2v) is 6.14. The summed E-state index contributed by atoms with van der Waals surface area (Å²) in [6.45, 7) is 6.40. The van der Waals surface area contributed by atoms with Crippen molar-refractivity contribution in [3.05, 3.63) is 64.4 Å². The van der Waals surface area contributed by atoms with Crippen molar-refractivity contribution >= 4 is 16.9 Å². The molecule has 2 aromatic carbocycles. The molecular weight excluding hydrogens is 302 g/mol. The average Bonchev–Trinajstić information content (AvgIpc) is 2.90. The number of fused-ring (bicyclic) bond motifs is 1. The molecule has 0 saturated carbocycles. The van der Waals surface area contributed by atoms with Crippen LogP contribution in [0.15, 0.2) is 40.8 Å². The van der Waals surface area contributed by atoms with Crippen LogP contribution in [0, 0.1) is 20.8 Å². The van der Waals surface area contributed by atoms with Gasteiger partial charge < -0.3 is 14.8 Å². The fourth-order valence-corrected chi connectivity index (χ4v) is 3.00. The van der Waals surface area contributed by atoms with Gasteiger partial charge in [-0.3, -0.25) is 4.79 Å². The smallest absolute Gasteiger partial charge is 0.287 e. The van der Waals surface area contributed by atoms with Gasteiger partial charge in [0.2, 0.25) is 0 Å². The Bertz CT molecular complexity index is 909. The molecule has 1 heterocycles. The van der Waals surface area contributed by atoms with E-state index in [9.17, 15) is 9.90 Å². The molecule has 4 heteroatoms. The van der Waals surface area contributed by atoms with E-state index in [1.807, 2.05) is 39.0 Å². The van der Waals surface area contributed by atoms with Crippen molar-refractivity contribution in [3.8, 4) is 5.75 Å². The Balaban J connectivity index is 1.76. The first kappa shape index (κ1) is 16.1. The van der Waals surface area contributed by atoms with E-state index >= 15 is 0 Å². The van der Waals surface area contributed by atoms with Crippen molar-refractivity contribution in [1.82, 2.24) is 5.32 Å². The number of benzene rings is 2. The number of rotatable bonds is 4. The van der Waals surface area contributed by atoms with E-state index in [1.165, 1.54) is 0 Å². The summed E-state index contributed by atoms with van der Waals surface area (Å²) in [5, 5.41) is 13.4. The summed E-state index contributed by atoms with van der Waals surface area (Å²) in [7, 11) is 0. The maximum Gasteiger partial charge on any atom is 0.287 e. The molecular formula is C20H21NO3. The van der Waals surface area contributed by atoms with Gasteiger partial charge in [-0.1, -0.05) is 24.3 Å². The highest BCUT2D eigenvalue weighted by Gasteiger charge is 2.19. The number of phenols is 1. The molecule has 1 aromatic heterocycles. The minimum Gasteiger partial charge on any atom is -0.508 e. The van der Waals surface area contributed by atoms with Crippen LogP contribution in [0.25, 0.3) is 11.0 Å². The number of carbonyl (C=O) groups is 1. The number of phenolic OH excluding ortho intramolecular Hbond substituents is 1. The number of amides is 1. The molecule has 3 aromatic rings. The van der Waals surface area contributed by atoms with E-state index in [2.05, 4.69) is 5.32 Å². The lowest BCUT2D eigenvalue weighted by Gasteiger charge is -2.04. The highest BCUT2D eigenvalue weighted by Crippen LogP contribution is 2.30. The lowest BCUT2D eigenvalue weighted by atomic mass is 10.0. The zero-order chi connectivity index (χ0) is 17.3. The van der Waals surface area contributed by atoms with Crippen LogP contribution < -0.4 is 5.32 Å². The molecule has 0 aliphatic carbocycles. The number of carbonyl (C=O) groups excluding carboxylic acids is 1. The average molecular weight is 323 g/mol. The predicted octanol–water partition coefficient (Wildman–Crippen LogP) is 4.04. The molecule has 2 N–H and O–H groups in total. The highest BCUT2D eigenvalue weighted by atomic mass is 16.3. The lowest BCUT2D eigenvalue weighted by molar-refractivity contribution is 0.0928. The number of furan rings is 1. The first-order valence-corrected chi connectivity index (χ1v) is 8.03. The molecule has 0 spiro atoms. The molecule has 0 atom stereocenters. The van der Waals surface area contributed by atoms with Gasteiger partial charge in [0.25, 0.3) is 5.91 Å². The van der Waals surface area contributed by atoms with E-state index in [-0.39, 0.29) is 11.7 Å². The predicted molar refractivity (Wildman–Crippen MR) is 94.6 cm³/mol. The molecule has 0 aliphatic heterocycles. The van der Waals surface area contributed by atoms with Crippen molar-refractivity contribution in [1.29, 1.82) is 0 Å². The maximum absolute atomic E-state index is 12.5. The lowest BCUT2D eigenvalue weighted by Crippen LogP contribution is -2.25. The minimum absolute atomic E-state index is 0.206. The second kappa shape index (κ2) is 6.40. The molecule has 4 nitrogen and oxygen atoms in total. The molecule has 3 rings (SSSR count). The molecule has 0 unspecified atom stereocenters. The third-order valence-corrected chi connectivity index (χ3v) is 4.30. The minimum atomic E-state index is -0.206. The summed E-state index contributed by atoms with van der Waals surface area (Å²) in [6.07, 6.45) is 0.650. The van der Waals surface area contributed by atoms with Crippen LogP contribution in [-0.2, 0) is 6.42 Å². The van der Waals surface area contributed by atoms with Gasteiger partial charge in [-0.05, 0) is 56.0 Å². The van der Waals surface area contributed by atoms with Crippen molar-refractivity contribution in [2.45, 2.75) is 27.2 Å². The normalized spacial score (nSPS) is 11.0. The molecule has 0 radical (unpaired) electrons. The SMILES string of the molecule is Cc1ccc(C)c2c(C)c(C(=O)NCCc3cccc(O)c3)oc12. The Kier molecular flexibility index (Phi) is 4.30. The Morgan fingerprint density at radius 2 is 1.88 bits per heavy atom. The number of nitrogens with one attached hydrogen (secondary N) is 1. The molecule has 1 amide bonds. The first-order valence-electron chi connectivity index (χ1n) is 8.03. The summed E-state index contributed by atoms with van der Waals surface area (Å²) in [6, 6.07) is 11.1.